The van der Waals surface area contributed by atoms with E-state index in [-0.39, 0.29) is 23.0 Å². The molecule has 0 radical (unpaired) electrons. The van der Waals surface area contributed by atoms with Crippen LogP contribution in [0.4, 0.5) is 0 Å². The van der Waals surface area contributed by atoms with Crippen LogP contribution in [0.25, 0.3) is 0 Å². The molecule has 6 fully saturated rings. The molecule has 2 aromatic rings. The summed E-state index contributed by atoms with van der Waals surface area (Å²) in [7, 11) is 0. The second-order valence-electron chi connectivity index (χ2n) is 20.4. The number of alkyl halides is 1. The largest absolute Gasteiger partial charge is 0.368 e. The number of benzene rings is 2. The first-order valence-corrected chi connectivity index (χ1v) is 23.3. The Kier molecular flexibility index (Phi) is 12.8. The zero-order chi connectivity index (χ0) is 42.9. The van der Waals surface area contributed by atoms with Crippen molar-refractivity contribution in [2.75, 3.05) is 17.6 Å². The SMILES string of the molecule is CC(C)(C)CC(CCCI)(c1cccc(CO[C@@H]2[C@H]3OC(C)(C)O[C@H]3O[C@@H]2[C@H]2COC(C)(C)O2)c1)c1cccc(CO[C@@H]2[C@H]3OC(C)(C)O[C@H]3O[C@@H]2[C@H]2COC(C)(C)O2)c1. The monoisotopic (exact) mass is 950 g/mol. The Bertz CT molecular complexity index is 1690. The number of hydrogen-bond acceptors (Lipinski definition) is 12. The molecule has 8 rings (SSSR count). The van der Waals surface area contributed by atoms with Crippen LogP contribution in [0.15, 0.2) is 48.5 Å². The van der Waals surface area contributed by atoms with E-state index < -0.39 is 72.4 Å². The molecule has 0 unspecified atom stereocenters. The van der Waals surface area contributed by atoms with E-state index in [4.69, 9.17) is 56.8 Å². The maximum absolute atomic E-state index is 6.81. The van der Waals surface area contributed by atoms with Gasteiger partial charge in [-0.05, 0) is 107 Å². The van der Waals surface area contributed by atoms with E-state index in [0.29, 0.717) is 26.4 Å². The predicted molar refractivity (Wildman–Crippen MR) is 230 cm³/mol. The summed E-state index contributed by atoms with van der Waals surface area (Å²) >= 11 is 2.51. The lowest BCUT2D eigenvalue weighted by Gasteiger charge is -2.41. The number of halogens is 1. The van der Waals surface area contributed by atoms with Gasteiger partial charge in [-0.25, -0.2) is 0 Å². The average Bonchev–Trinajstić information content (AvgIpc) is 3.98. The first-order chi connectivity index (χ1) is 28.1. The smallest absolute Gasteiger partial charge is 0.190 e. The maximum Gasteiger partial charge on any atom is 0.190 e. The summed E-state index contributed by atoms with van der Waals surface area (Å²) in [5.41, 5.74) is 4.42. The lowest BCUT2D eigenvalue weighted by Crippen LogP contribution is -2.44. The van der Waals surface area contributed by atoms with Gasteiger partial charge in [0, 0.05) is 5.41 Å². The van der Waals surface area contributed by atoms with Crippen LogP contribution in [0.5, 0.6) is 0 Å². The van der Waals surface area contributed by atoms with Gasteiger partial charge in [0.25, 0.3) is 0 Å². The molecule has 0 N–H and O–H groups in total. The van der Waals surface area contributed by atoms with Crippen molar-refractivity contribution in [3.05, 3.63) is 70.8 Å². The van der Waals surface area contributed by atoms with Crippen LogP contribution in [0, 0.1) is 5.41 Å². The minimum absolute atomic E-state index is 0.0185. The molecule has 6 saturated heterocycles. The van der Waals surface area contributed by atoms with E-state index in [1.165, 1.54) is 11.1 Å². The fraction of sp³-hybridized carbons (Fsp3) is 0.745. The summed E-state index contributed by atoms with van der Waals surface area (Å²) in [6, 6.07) is 17.9. The van der Waals surface area contributed by atoms with Crippen LogP contribution in [0.1, 0.15) is 118 Å². The first kappa shape index (κ1) is 45.3. The molecule has 60 heavy (non-hydrogen) atoms. The van der Waals surface area contributed by atoms with E-state index in [1.54, 1.807) is 0 Å². The van der Waals surface area contributed by atoms with Gasteiger partial charge < -0.3 is 56.8 Å². The molecule has 13 heteroatoms. The number of ether oxygens (including phenoxy) is 12. The van der Waals surface area contributed by atoms with E-state index in [2.05, 4.69) is 91.9 Å². The van der Waals surface area contributed by atoms with Gasteiger partial charge in [0.05, 0.1) is 26.4 Å². The maximum atomic E-state index is 6.81. The number of rotatable bonds is 14. The van der Waals surface area contributed by atoms with Gasteiger partial charge in [-0.15, -0.1) is 0 Å². The second kappa shape index (κ2) is 16.9. The van der Waals surface area contributed by atoms with Gasteiger partial charge >= 0.3 is 0 Å². The summed E-state index contributed by atoms with van der Waals surface area (Å²) in [6.45, 7) is 23.9. The van der Waals surface area contributed by atoms with Crippen LogP contribution < -0.4 is 0 Å². The molecule has 0 aromatic heterocycles. The molecule has 6 aliphatic rings. The van der Waals surface area contributed by atoms with Crippen LogP contribution >= 0.6 is 22.6 Å². The highest BCUT2D eigenvalue weighted by molar-refractivity contribution is 14.1. The van der Waals surface area contributed by atoms with Crippen LogP contribution in [0.2, 0.25) is 0 Å². The second-order valence-corrected chi connectivity index (χ2v) is 21.5. The third-order valence-electron chi connectivity index (χ3n) is 12.3. The zero-order valence-corrected chi connectivity index (χ0v) is 39.5. The molecule has 0 saturated carbocycles. The molecule has 2 aromatic carbocycles. The van der Waals surface area contributed by atoms with Gasteiger partial charge in [-0.1, -0.05) is 91.9 Å². The molecule has 0 amide bonds. The Morgan fingerprint density at radius 2 is 1.05 bits per heavy atom. The van der Waals surface area contributed by atoms with E-state index in [1.807, 2.05) is 55.4 Å². The third kappa shape index (κ3) is 9.84. The van der Waals surface area contributed by atoms with Crippen molar-refractivity contribution in [3.8, 4) is 0 Å². The van der Waals surface area contributed by atoms with Crippen LogP contribution in [-0.2, 0) is 75.5 Å². The minimum Gasteiger partial charge on any atom is -0.368 e. The first-order valence-electron chi connectivity index (χ1n) is 21.8. The quantitative estimate of drug-likeness (QED) is 0.134. The highest BCUT2D eigenvalue weighted by Crippen LogP contribution is 2.48. The van der Waals surface area contributed by atoms with Crippen LogP contribution in [-0.4, -0.2) is 102 Å². The van der Waals surface area contributed by atoms with Gasteiger partial charge in [0.2, 0.25) is 0 Å². The normalized spacial score (nSPS) is 35.3. The molecule has 10 atom stereocenters. The van der Waals surface area contributed by atoms with Crippen molar-refractivity contribution in [3.63, 3.8) is 0 Å². The Hall–Kier alpha value is -1.31. The van der Waals surface area contributed by atoms with Crippen molar-refractivity contribution in [2.45, 2.75) is 199 Å². The van der Waals surface area contributed by atoms with E-state index in [0.717, 1.165) is 34.8 Å². The van der Waals surface area contributed by atoms with Crippen LogP contribution in [0.3, 0.4) is 0 Å². The van der Waals surface area contributed by atoms with Gasteiger partial charge in [0.15, 0.2) is 35.7 Å². The zero-order valence-electron chi connectivity index (χ0n) is 37.3. The molecule has 0 spiro atoms. The molecule has 0 aliphatic carbocycles. The fourth-order valence-corrected chi connectivity index (χ4v) is 10.4. The summed E-state index contributed by atoms with van der Waals surface area (Å²) in [5, 5.41) is 0. The Balaban J connectivity index is 1.05. The molecule has 6 heterocycles. The molecular weight excluding hydrogens is 883 g/mol. The van der Waals surface area contributed by atoms with E-state index in [9.17, 15) is 0 Å². The van der Waals surface area contributed by atoms with Crippen molar-refractivity contribution in [1.29, 1.82) is 0 Å². The molecule has 6 aliphatic heterocycles. The van der Waals surface area contributed by atoms with Gasteiger partial charge in [0.1, 0.15) is 48.8 Å². The van der Waals surface area contributed by atoms with Crippen molar-refractivity contribution >= 4 is 22.6 Å². The summed E-state index contributed by atoms with van der Waals surface area (Å²) in [6.07, 6.45) is -1.14. The summed E-state index contributed by atoms with van der Waals surface area (Å²) in [5.74, 6) is -2.96. The Morgan fingerprint density at radius 1 is 0.600 bits per heavy atom. The summed E-state index contributed by atoms with van der Waals surface area (Å²) in [4.78, 5) is 0. The third-order valence-corrected chi connectivity index (χ3v) is 13.0. The van der Waals surface area contributed by atoms with Crippen molar-refractivity contribution in [1.82, 2.24) is 0 Å². The van der Waals surface area contributed by atoms with Crippen molar-refractivity contribution in [2.24, 2.45) is 5.41 Å². The summed E-state index contributed by atoms with van der Waals surface area (Å²) < 4.78 is 77.0. The number of fused-ring (bicyclic) bond motifs is 2. The number of hydrogen-bond donors (Lipinski definition) is 0. The van der Waals surface area contributed by atoms with Gasteiger partial charge in [-0.2, -0.15) is 0 Å². The Labute approximate surface area is 370 Å². The topological polar surface area (TPSA) is 111 Å². The predicted octanol–water partition coefficient (Wildman–Crippen LogP) is 8.45. The van der Waals surface area contributed by atoms with E-state index >= 15 is 0 Å². The lowest BCUT2D eigenvalue weighted by molar-refractivity contribution is -0.236. The molecular formula is C47H67IO12. The molecule has 334 valence electrons. The molecule has 0 bridgehead atoms. The average molecular weight is 951 g/mol. The van der Waals surface area contributed by atoms with Crippen molar-refractivity contribution < 1.29 is 56.8 Å². The Morgan fingerprint density at radius 3 is 1.43 bits per heavy atom. The standard InChI is InChI=1S/C47H67IO12/c1-42(2,3)27-47(19-14-20-48,30-17-12-15-28(21-30)23-49-36-34(32-25-51-43(4,5)55-32)53-40-38(36)57-45(8,9)59-40)31-18-13-16-29(22-31)24-50-37-35(33-26-52-44(6,7)56-33)54-41-39(37)58-46(10,11)60-41/h12-13,15-18,21-22,32-41H,14,19-20,23-27H2,1-11H3/t32-,33-,34-,35-,36+,37+,38-,39-,40-,41-/m1/s1. The molecule has 12 nitrogen and oxygen atoms in total. The fourth-order valence-electron chi connectivity index (χ4n) is 10.1. The minimum atomic E-state index is -0.778. The highest BCUT2D eigenvalue weighted by Gasteiger charge is 2.60. The lowest BCUT2D eigenvalue weighted by atomic mass is 9.63. The van der Waals surface area contributed by atoms with Gasteiger partial charge in [-0.3, -0.25) is 0 Å². The highest BCUT2D eigenvalue weighted by atomic mass is 127.